The fraction of sp³-hybridized carbons (Fsp3) is 0.182. The smallest absolute Gasteiger partial charge is 0.222 e. The summed E-state index contributed by atoms with van der Waals surface area (Å²) in [5, 5.41) is 7.58. The van der Waals surface area contributed by atoms with Crippen molar-refractivity contribution in [2.75, 3.05) is 29.5 Å². The minimum atomic E-state index is -0.332. The lowest BCUT2D eigenvalue weighted by atomic mass is 9.96. The zero-order valence-electron chi connectivity index (χ0n) is 17.1. The average molecular weight is 416 g/mol. The molecule has 0 bridgehead atoms. The third-order valence-electron chi connectivity index (χ3n) is 5.47. The zero-order valence-corrected chi connectivity index (χ0v) is 17.1. The zero-order chi connectivity index (χ0) is 21.5. The lowest BCUT2D eigenvalue weighted by Crippen LogP contribution is -2.16. The lowest BCUT2D eigenvalue weighted by Gasteiger charge is -2.21. The number of pyridine rings is 1. The third kappa shape index (κ3) is 3.43. The van der Waals surface area contributed by atoms with Crippen molar-refractivity contribution in [1.29, 1.82) is 0 Å². The van der Waals surface area contributed by atoms with Crippen LogP contribution in [0.1, 0.15) is 17.2 Å². The van der Waals surface area contributed by atoms with Crippen LogP contribution in [0.15, 0.2) is 55.0 Å². The highest BCUT2D eigenvalue weighted by Gasteiger charge is 2.28. The van der Waals surface area contributed by atoms with Gasteiger partial charge in [-0.2, -0.15) is 10.1 Å². The van der Waals surface area contributed by atoms with Gasteiger partial charge in [0.15, 0.2) is 0 Å². The second-order valence-corrected chi connectivity index (χ2v) is 7.52. The number of benzene rings is 1. The summed E-state index contributed by atoms with van der Waals surface area (Å²) in [6.45, 7) is 0.637. The maximum atomic E-state index is 14.3. The summed E-state index contributed by atoms with van der Waals surface area (Å²) in [4.78, 5) is 15.1. The predicted octanol–water partition coefficient (Wildman–Crippen LogP) is 3.32. The molecule has 1 unspecified atom stereocenters. The van der Waals surface area contributed by atoms with Crippen LogP contribution in [0.5, 0.6) is 0 Å². The number of halogens is 1. The summed E-state index contributed by atoms with van der Waals surface area (Å²) < 4.78 is 16.0. The summed E-state index contributed by atoms with van der Waals surface area (Å²) in [5.74, 6) is 1.09. The van der Waals surface area contributed by atoms with E-state index >= 15 is 0 Å². The Morgan fingerprint density at radius 1 is 1.16 bits per heavy atom. The molecule has 1 aliphatic rings. The van der Waals surface area contributed by atoms with Crippen LogP contribution in [0.4, 0.5) is 27.7 Å². The van der Waals surface area contributed by atoms with Gasteiger partial charge < -0.3 is 16.0 Å². The van der Waals surface area contributed by atoms with Gasteiger partial charge in [-0.15, -0.1) is 0 Å². The Morgan fingerprint density at radius 3 is 2.77 bits per heavy atom. The fourth-order valence-corrected chi connectivity index (χ4v) is 3.86. The van der Waals surface area contributed by atoms with Crippen LogP contribution in [0.3, 0.4) is 0 Å². The van der Waals surface area contributed by atoms with Gasteiger partial charge in [0.05, 0.1) is 17.6 Å². The van der Waals surface area contributed by atoms with Gasteiger partial charge >= 0.3 is 0 Å². The summed E-state index contributed by atoms with van der Waals surface area (Å²) in [5.41, 5.74) is 10.2. The van der Waals surface area contributed by atoms with Crippen LogP contribution in [0, 0.1) is 5.82 Å². The van der Waals surface area contributed by atoms with E-state index in [-0.39, 0.29) is 17.7 Å². The van der Waals surface area contributed by atoms with E-state index in [1.54, 1.807) is 34.8 Å². The molecule has 0 fully saturated rings. The average Bonchev–Trinajstić information content (AvgIpc) is 3.39. The fourth-order valence-electron chi connectivity index (χ4n) is 3.86. The maximum Gasteiger partial charge on any atom is 0.222 e. The Morgan fingerprint density at radius 2 is 2.00 bits per heavy atom. The topological polar surface area (TPSA) is 97.8 Å². The van der Waals surface area contributed by atoms with Crippen LogP contribution in [0.2, 0.25) is 0 Å². The van der Waals surface area contributed by atoms with Crippen molar-refractivity contribution in [2.45, 2.75) is 5.92 Å². The van der Waals surface area contributed by atoms with Gasteiger partial charge in [0, 0.05) is 61.7 Å². The Kier molecular flexibility index (Phi) is 4.50. The number of rotatable bonds is 4. The van der Waals surface area contributed by atoms with Gasteiger partial charge in [0.2, 0.25) is 5.95 Å². The van der Waals surface area contributed by atoms with Crippen LogP contribution < -0.4 is 16.0 Å². The largest absolute Gasteiger partial charge is 0.369 e. The predicted molar refractivity (Wildman–Crippen MR) is 118 cm³/mol. The van der Waals surface area contributed by atoms with Crippen molar-refractivity contribution in [3.63, 3.8) is 0 Å². The highest BCUT2D eigenvalue weighted by Crippen LogP contribution is 2.38. The number of nitrogen functional groups attached to an aromatic ring is 1. The van der Waals surface area contributed by atoms with E-state index in [0.29, 0.717) is 18.1 Å². The number of fused-ring (bicyclic) bond motifs is 1. The Bertz CT molecular complexity index is 1270. The molecule has 9 heteroatoms. The molecule has 0 spiro atoms. The second kappa shape index (κ2) is 7.35. The molecular weight excluding hydrogens is 395 g/mol. The van der Waals surface area contributed by atoms with Gasteiger partial charge in [-0.3, -0.25) is 4.68 Å². The minimum absolute atomic E-state index is 0.0582. The van der Waals surface area contributed by atoms with E-state index in [4.69, 9.17) is 5.73 Å². The van der Waals surface area contributed by atoms with Crippen LogP contribution in [0.25, 0.3) is 11.1 Å². The summed E-state index contributed by atoms with van der Waals surface area (Å²) in [7, 11) is 3.64. The van der Waals surface area contributed by atoms with Gasteiger partial charge in [0.25, 0.3) is 0 Å². The first kappa shape index (κ1) is 19.0. The molecule has 0 amide bonds. The van der Waals surface area contributed by atoms with E-state index < -0.39 is 0 Å². The summed E-state index contributed by atoms with van der Waals surface area (Å²) >= 11 is 0. The van der Waals surface area contributed by atoms with Crippen molar-refractivity contribution in [1.82, 2.24) is 24.7 Å². The quantitative estimate of drug-likeness (QED) is 0.527. The molecule has 1 aliphatic heterocycles. The van der Waals surface area contributed by atoms with Crippen molar-refractivity contribution in [3.05, 3.63) is 72.1 Å². The van der Waals surface area contributed by atoms with E-state index in [1.807, 2.05) is 31.7 Å². The summed E-state index contributed by atoms with van der Waals surface area (Å²) in [6.07, 6.45) is 5.59. The Labute approximate surface area is 178 Å². The molecule has 8 nitrogen and oxygen atoms in total. The lowest BCUT2D eigenvalue weighted by molar-refractivity contribution is 0.627. The second-order valence-electron chi connectivity index (χ2n) is 7.52. The van der Waals surface area contributed by atoms with Crippen molar-refractivity contribution >= 4 is 23.3 Å². The number of anilines is 4. The number of aromatic nitrogens is 5. The molecule has 3 N–H and O–H groups in total. The van der Waals surface area contributed by atoms with Gasteiger partial charge in [-0.05, 0) is 18.2 Å². The van der Waals surface area contributed by atoms with Gasteiger partial charge in [-0.1, -0.05) is 12.1 Å². The minimum Gasteiger partial charge on any atom is -0.369 e. The number of aryl methyl sites for hydroxylation is 1. The molecule has 0 aliphatic carbocycles. The first-order chi connectivity index (χ1) is 15.0. The van der Waals surface area contributed by atoms with Gasteiger partial charge in [0.1, 0.15) is 17.5 Å². The number of para-hydroxylation sites is 1. The third-order valence-corrected chi connectivity index (χ3v) is 5.47. The highest BCUT2D eigenvalue weighted by molar-refractivity contribution is 5.68. The number of nitrogens with two attached hydrogens (primary N) is 1. The van der Waals surface area contributed by atoms with Crippen LogP contribution in [-0.4, -0.2) is 38.3 Å². The SMILES string of the molecule is CN(c1cc(C2CNc3ncc(-c4cnn(C)c4)cc32)nc(N)n1)c1ccccc1F. The number of hydrogen-bond acceptors (Lipinski definition) is 7. The molecule has 4 aromatic rings. The molecule has 1 aromatic carbocycles. The highest BCUT2D eigenvalue weighted by atomic mass is 19.1. The standard InChI is InChI=1S/C22H21FN8/c1-30-12-14(10-27-30)13-7-15-16(11-26-21(15)25-9-13)18-8-20(29-22(24)28-18)31(2)19-6-4-3-5-17(19)23/h3-10,12,16H,11H2,1-2H3,(H,25,26)(H2,24,28,29). The van der Waals surface area contributed by atoms with E-state index in [1.165, 1.54) is 6.07 Å². The molecule has 3 aromatic heterocycles. The van der Waals surface area contributed by atoms with E-state index in [9.17, 15) is 4.39 Å². The van der Waals surface area contributed by atoms with Crippen molar-refractivity contribution < 1.29 is 4.39 Å². The van der Waals surface area contributed by atoms with Crippen LogP contribution in [-0.2, 0) is 7.05 Å². The first-order valence-corrected chi connectivity index (χ1v) is 9.85. The molecule has 0 saturated heterocycles. The molecule has 5 rings (SSSR count). The molecular formula is C22H21FN8. The maximum absolute atomic E-state index is 14.3. The van der Waals surface area contributed by atoms with Crippen molar-refractivity contribution in [3.8, 4) is 11.1 Å². The van der Waals surface area contributed by atoms with E-state index in [0.717, 1.165) is 28.2 Å². The van der Waals surface area contributed by atoms with E-state index in [2.05, 4.69) is 31.4 Å². The molecule has 1 atom stereocenters. The molecule has 0 saturated carbocycles. The van der Waals surface area contributed by atoms with Gasteiger partial charge in [-0.25, -0.2) is 14.4 Å². The van der Waals surface area contributed by atoms with Crippen molar-refractivity contribution in [2.24, 2.45) is 7.05 Å². The normalized spacial score (nSPS) is 14.9. The number of hydrogen-bond donors (Lipinski definition) is 2. The monoisotopic (exact) mass is 416 g/mol. The Hall–Kier alpha value is -4.01. The first-order valence-electron chi connectivity index (χ1n) is 9.85. The Balaban J connectivity index is 1.53. The molecule has 31 heavy (non-hydrogen) atoms. The molecule has 0 radical (unpaired) electrons. The van der Waals surface area contributed by atoms with Crippen LogP contribution >= 0.6 is 0 Å². The number of nitrogens with zero attached hydrogens (tertiary/aromatic N) is 6. The molecule has 4 heterocycles. The number of nitrogens with one attached hydrogen (secondary N) is 1. The summed E-state index contributed by atoms with van der Waals surface area (Å²) in [6, 6.07) is 10.5. The molecule has 156 valence electrons.